The third-order valence-electron chi connectivity index (χ3n) is 4.30. The van der Waals surface area contributed by atoms with Crippen molar-refractivity contribution in [3.8, 4) is 0 Å². The molecule has 1 heterocycles. The SMILES string of the molecule is CCOC[C@H](O)N(NC)C(=O)[C@H](CCC(=O)O)N1C(=O)c2ccccc2C1=O. The minimum atomic E-state index is -1.40. The van der Waals surface area contributed by atoms with Crippen LogP contribution in [0.5, 0.6) is 0 Å². The zero-order valence-corrected chi connectivity index (χ0v) is 15.6. The summed E-state index contributed by atoms with van der Waals surface area (Å²) < 4.78 is 5.10. The van der Waals surface area contributed by atoms with Crippen molar-refractivity contribution >= 4 is 23.7 Å². The molecule has 0 radical (unpaired) electrons. The van der Waals surface area contributed by atoms with Gasteiger partial charge in [0.15, 0.2) is 6.23 Å². The molecule has 3 amide bonds. The van der Waals surface area contributed by atoms with E-state index in [-0.39, 0.29) is 24.2 Å². The van der Waals surface area contributed by atoms with Crippen LogP contribution in [0.1, 0.15) is 40.5 Å². The number of imide groups is 1. The minimum absolute atomic E-state index is 0.145. The van der Waals surface area contributed by atoms with Crippen LogP contribution in [0.3, 0.4) is 0 Å². The number of aliphatic carboxylic acids is 1. The van der Waals surface area contributed by atoms with Crippen molar-refractivity contribution in [2.24, 2.45) is 0 Å². The van der Waals surface area contributed by atoms with Gasteiger partial charge in [-0.15, -0.1) is 0 Å². The molecular formula is C18H23N3O7. The molecule has 3 N–H and O–H groups in total. The van der Waals surface area contributed by atoms with E-state index in [0.717, 1.165) is 9.91 Å². The maximum Gasteiger partial charge on any atom is 0.303 e. The van der Waals surface area contributed by atoms with Crippen molar-refractivity contribution in [3.05, 3.63) is 35.4 Å². The highest BCUT2D eigenvalue weighted by Crippen LogP contribution is 2.27. The zero-order valence-electron chi connectivity index (χ0n) is 15.6. The molecule has 1 aromatic rings. The number of ether oxygens (including phenoxy) is 1. The van der Waals surface area contributed by atoms with Gasteiger partial charge in [-0.05, 0) is 25.5 Å². The summed E-state index contributed by atoms with van der Waals surface area (Å²) in [5, 5.41) is 20.0. The largest absolute Gasteiger partial charge is 0.481 e. The van der Waals surface area contributed by atoms with Crippen molar-refractivity contribution in [3.63, 3.8) is 0 Å². The number of hydrogen-bond acceptors (Lipinski definition) is 7. The molecular weight excluding hydrogens is 370 g/mol. The highest BCUT2D eigenvalue weighted by Gasteiger charge is 2.44. The standard InChI is InChI=1S/C18H23N3O7/c1-3-28-10-14(22)21(19-2)18(27)13(8-9-15(23)24)20-16(25)11-6-4-5-7-12(11)17(20)26/h4-7,13-14,19,22H,3,8-10H2,1-2H3,(H,23,24)/t13-,14-/m0/s1. The second-order valence-electron chi connectivity index (χ2n) is 6.05. The molecule has 0 saturated carbocycles. The average molecular weight is 393 g/mol. The van der Waals surface area contributed by atoms with Crippen LogP contribution in [0.2, 0.25) is 0 Å². The van der Waals surface area contributed by atoms with Crippen LogP contribution in [0.4, 0.5) is 0 Å². The van der Waals surface area contributed by atoms with Gasteiger partial charge in [0.05, 0.1) is 17.7 Å². The first-order chi connectivity index (χ1) is 13.3. The monoisotopic (exact) mass is 393 g/mol. The lowest BCUT2D eigenvalue weighted by Crippen LogP contribution is -2.58. The minimum Gasteiger partial charge on any atom is -0.481 e. The number of rotatable bonds is 10. The van der Waals surface area contributed by atoms with E-state index in [1.165, 1.54) is 19.2 Å². The fourth-order valence-electron chi connectivity index (χ4n) is 2.98. The highest BCUT2D eigenvalue weighted by atomic mass is 16.5. The summed E-state index contributed by atoms with van der Waals surface area (Å²) in [6.07, 6.45) is -2.12. The van der Waals surface area contributed by atoms with Crippen molar-refractivity contribution < 1.29 is 34.1 Å². The number of carbonyl (C=O) groups excluding carboxylic acids is 3. The molecule has 152 valence electrons. The predicted octanol–water partition coefficient (Wildman–Crippen LogP) is -0.166. The summed E-state index contributed by atoms with van der Waals surface area (Å²) in [5.74, 6) is -3.36. The lowest BCUT2D eigenvalue weighted by molar-refractivity contribution is -0.156. The van der Waals surface area contributed by atoms with E-state index in [2.05, 4.69) is 5.43 Å². The predicted molar refractivity (Wildman–Crippen MR) is 96.0 cm³/mol. The van der Waals surface area contributed by atoms with E-state index in [0.29, 0.717) is 6.61 Å². The van der Waals surface area contributed by atoms with Gasteiger partial charge in [0, 0.05) is 20.1 Å². The van der Waals surface area contributed by atoms with E-state index in [4.69, 9.17) is 9.84 Å². The number of fused-ring (bicyclic) bond motifs is 1. The lowest BCUT2D eigenvalue weighted by Gasteiger charge is -2.33. The average Bonchev–Trinajstić information content (AvgIpc) is 2.92. The molecule has 0 saturated heterocycles. The fraction of sp³-hybridized carbons (Fsp3) is 0.444. The van der Waals surface area contributed by atoms with Crippen molar-refractivity contribution in [2.75, 3.05) is 20.3 Å². The Morgan fingerprint density at radius 1 is 1.21 bits per heavy atom. The van der Waals surface area contributed by atoms with Crippen LogP contribution in [0, 0.1) is 0 Å². The highest BCUT2D eigenvalue weighted by molar-refractivity contribution is 6.22. The third kappa shape index (κ3) is 4.35. The molecule has 1 aliphatic heterocycles. The Hall–Kier alpha value is -2.82. The molecule has 0 aliphatic carbocycles. The first-order valence-electron chi connectivity index (χ1n) is 8.78. The van der Waals surface area contributed by atoms with Crippen LogP contribution < -0.4 is 5.43 Å². The van der Waals surface area contributed by atoms with Gasteiger partial charge in [0.1, 0.15) is 6.04 Å². The Bertz CT molecular complexity index is 732. The number of hydrazine groups is 1. The number of nitrogens with zero attached hydrogens (tertiary/aromatic N) is 2. The van der Waals surface area contributed by atoms with Crippen LogP contribution in [-0.2, 0) is 14.3 Å². The zero-order chi connectivity index (χ0) is 20.8. The van der Waals surface area contributed by atoms with E-state index in [9.17, 15) is 24.3 Å². The topological polar surface area (TPSA) is 136 Å². The Balaban J connectivity index is 2.34. The van der Waals surface area contributed by atoms with Gasteiger partial charge in [0.2, 0.25) is 0 Å². The van der Waals surface area contributed by atoms with Gasteiger partial charge in [-0.2, -0.15) is 0 Å². The Morgan fingerprint density at radius 3 is 2.25 bits per heavy atom. The number of hydrogen-bond donors (Lipinski definition) is 3. The van der Waals surface area contributed by atoms with E-state index in [1.54, 1.807) is 19.1 Å². The van der Waals surface area contributed by atoms with Gasteiger partial charge in [-0.25, -0.2) is 10.4 Å². The summed E-state index contributed by atoms with van der Waals surface area (Å²) in [6, 6.07) is 4.72. The Kier molecular flexibility index (Phi) is 7.21. The number of carboxylic acids is 1. The van der Waals surface area contributed by atoms with Crippen LogP contribution in [0.25, 0.3) is 0 Å². The van der Waals surface area contributed by atoms with E-state index >= 15 is 0 Å². The molecule has 10 nitrogen and oxygen atoms in total. The fourth-order valence-corrected chi connectivity index (χ4v) is 2.98. The lowest BCUT2D eigenvalue weighted by atomic mass is 10.1. The molecule has 1 aromatic carbocycles. The number of benzene rings is 1. The van der Waals surface area contributed by atoms with Gasteiger partial charge < -0.3 is 14.9 Å². The molecule has 0 aromatic heterocycles. The van der Waals surface area contributed by atoms with Crippen LogP contribution >= 0.6 is 0 Å². The molecule has 2 rings (SSSR count). The molecule has 0 fully saturated rings. The third-order valence-corrected chi connectivity index (χ3v) is 4.30. The number of carbonyl (C=O) groups is 4. The summed E-state index contributed by atoms with van der Waals surface area (Å²) in [4.78, 5) is 50.3. The maximum atomic E-state index is 13.0. The van der Waals surface area contributed by atoms with Crippen LogP contribution in [-0.4, -0.2) is 76.3 Å². The van der Waals surface area contributed by atoms with Crippen LogP contribution in [0.15, 0.2) is 24.3 Å². The normalized spacial score (nSPS) is 15.3. The maximum absolute atomic E-state index is 13.0. The second-order valence-corrected chi connectivity index (χ2v) is 6.05. The van der Waals surface area contributed by atoms with E-state index in [1.807, 2.05) is 0 Å². The Labute approximate surface area is 161 Å². The first kappa shape index (κ1) is 21.5. The summed E-state index contributed by atoms with van der Waals surface area (Å²) in [5.41, 5.74) is 2.80. The van der Waals surface area contributed by atoms with Gasteiger partial charge >= 0.3 is 5.97 Å². The van der Waals surface area contributed by atoms with Gasteiger partial charge in [-0.3, -0.25) is 24.1 Å². The summed E-state index contributed by atoms with van der Waals surface area (Å²) >= 11 is 0. The number of aliphatic hydroxyl groups excluding tert-OH is 1. The molecule has 28 heavy (non-hydrogen) atoms. The smallest absolute Gasteiger partial charge is 0.303 e. The molecule has 2 atom stereocenters. The molecule has 0 spiro atoms. The van der Waals surface area contributed by atoms with Gasteiger partial charge in [0.25, 0.3) is 17.7 Å². The molecule has 0 bridgehead atoms. The second kappa shape index (κ2) is 9.40. The molecule has 0 unspecified atom stereocenters. The Morgan fingerprint density at radius 2 is 1.79 bits per heavy atom. The summed E-state index contributed by atoms with van der Waals surface area (Å²) in [6.45, 7) is 1.83. The van der Waals surface area contributed by atoms with Gasteiger partial charge in [-0.1, -0.05) is 12.1 Å². The molecule has 1 aliphatic rings. The number of amides is 3. The number of aliphatic hydroxyl groups is 1. The van der Waals surface area contributed by atoms with Crippen molar-refractivity contribution in [1.82, 2.24) is 15.3 Å². The van der Waals surface area contributed by atoms with Crippen molar-refractivity contribution in [1.29, 1.82) is 0 Å². The number of carboxylic acid groups (broad SMARTS) is 1. The van der Waals surface area contributed by atoms with Crippen molar-refractivity contribution in [2.45, 2.75) is 32.0 Å². The quantitative estimate of drug-likeness (QED) is 0.283. The molecule has 10 heteroatoms. The first-order valence-corrected chi connectivity index (χ1v) is 8.78. The summed E-state index contributed by atoms with van der Waals surface area (Å²) in [7, 11) is 1.38. The number of nitrogens with one attached hydrogen (secondary N) is 1. The van der Waals surface area contributed by atoms with E-state index < -0.39 is 42.4 Å².